The standard InChI is InChI=1S/C48H30N4O/c1-2-12-32(13-3-1)51-41-19-9-4-14-33(41)37-24-31-27-44-38(25-30(31)26-43(37)51)34-15-5-10-20-42(34)52(44)48-47(49-39-17-7-8-18-40(39)50-48)29-22-23-36-35-16-6-11-21-45(35)53-46(36)28-29/h1-28,48,50H. The van der Waals surface area contributed by atoms with Gasteiger partial charge in [0.25, 0.3) is 0 Å². The molecule has 5 nitrogen and oxygen atoms in total. The third-order valence-corrected chi connectivity index (χ3v) is 11.1. The molecule has 1 N–H and O–H groups in total. The summed E-state index contributed by atoms with van der Waals surface area (Å²) < 4.78 is 11.2. The van der Waals surface area contributed by atoms with E-state index in [9.17, 15) is 0 Å². The Bertz CT molecular complexity index is 3330. The third kappa shape index (κ3) is 4.10. The molecule has 1 aliphatic rings. The first-order chi connectivity index (χ1) is 26.3. The number of anilines is 1. The molecule has 53 heavy (non-hydrogen) atoms. The van der Waals surface area contributed by atoms with E-state index in [1.54, 1.807) is 0 Å². The molecule has 1 unspecified atom stereocenters. The smallest absolute Gasteiger partial charge is 0.148 e. The lowest BCUT2D eigenvalue weighted by molar-refractivity contribution is 0.668. The molecular formula is C48H30N4O. The van der Waals surface area contributed by atoms with Crippen LogP contribution in [0.4, 0.5) is 11.4 Å². The second-order valence-corrected chi connectivity index (χ2v) is 14.0. The zero-order valence-electron chi connectivity index (χ0n) is 28.5. The van der Waals surface area contributed by atoms with Gasteiger partial charge in [0, 0.05) is 43.6 Å². The largest absolute Gasteiger partial charge is 0.456 e. The van der Waals surface area contributed by atoms with Crippen LogP contribution in [0.5, 0.6) is 0 Å². The lowest BCUT2D eigenvalue weighted by atomic mass is 10.0. The number of aliphatic imine (C=N–C) groups is 1. The summed E-state index contributed by atoms with van der Waals surface area (Å²) in [5.74, 6) is 0. The van der Waals surface area contributed by atoms with E-state index in [-0.39, 0.29) is 6.17 Å². The normalized spacial score (nSPS) is 14.5. The van der Waals surface area contributed by atoms with Crippen LogP contribution in [0.1, 0.15) is 11.7 Å². The van der Waals surface area contributed by atoms with Crippen LogP contribution in [-0.2, 0) is 0 Å². The van der Waals surface area contributed by atoms with Crippen molar-refractivity contribution in [3.63, 3.8) is 0 Å². The van der Waals surface area contributed by atoms with Gasteiger partial charge < -0.3 is 18.9 Å². The number of furan rings is 1. The van der Waals surface area contributed by atoms with Crippen molar-refractivity contribution in [1.29, 1.82) is 0 Å². The number of para-hydroxylation sites is 6. The van der Waals surface area contributed by atoms with Gasteiger partial charge in [0.05, 0.1) is 39.2 Å². The maximum atomic E-state index is 6.38. The van der Waals surface area contributed by atoms with Gasteiger partial charge in [0.15, 0.2) is 0 Å². The van der Waals surface area contributed by atoms with E-state index in [1.165, 1.54) is 43.4 Å². The first-order valence-corrected chi connectivity index (χ1v) is 18.1. The Labute approximate surface area is 303 Å². The lowest BCUT2D eigenvalue weighted by Gasteiger charge is -2.30. The number of hydrogen-bond acceptors (Lipinski definition) is 3. The number of rotatable bonds is 3. The minimum absolute atomic E-state index is 0.282. The number of hydrogen-bond donors (Lipinski definition) is 1. The fourth-order valence-electron chi connectivity index (χ4n) is 8.74. The minimum Gasteiger partial charge on any atom is -0.456 e. The van der Waals surface area contributed by atoms with E-state index in [2.05, 4.69) is 166 Å². The molecule has 1 atom stereocenters. The Kier molecular flexibility index (Phi) is 5.77. The molecule has 0 saturated heterocycles. The van der Waals surface area contributed by atoms with Crippen LogP contribution in [0.25, 0.3) is 82.0 Å². The predicted molar refractivity (Wildman–Crippen MR) is 220 cm³/mol. The van der Waals surface area contributed by atoms with Crippen LogP contribution >= 0.6 is 0 Å². The van der Waals surface area contributed by atoms with Crippen molar-refractivity contribution in [1.82, 2.24) is 9.13 Å². The molecule has 0 aliphatic carbocycles. The SMILES string of the molecule is c1ccc(-n2c3ccccc3c3cc4cc5c(cc4cc32)c2ccccc2n5C2Nc3ccccc3N=C2c2ccc3c(c2)oc2ccccc23)cc1. The molecule has 0 fully saturated rings. The average molecular weight is 679 g/mol. The fourth-order valence-corrected chi connectivity index (χ4v) is 8.74. The highest BCUT2D eigenvalue weighted by Gasteiger charge is 2.29. The van der Waals surface area contributed by atoms with E-state index < -0.39 is 0 Å². The van der Waals surface area contributed by atoms with Gasteiger partial charge in [0.1, 0.15) is 17.3 Å². The molecule has 11 aromatic rings. The van der Waals surface area contributed by atoms with Gasteiger partial charge in [-0.1, -0.05) is 91.0 Å². The summed E-state index contributed by atoms with van der Waals surface area (Å²) in [5.41, 5.74) is 11.5. The maximum absolute atomic E-state index is 6.38. The maximum Gasteiger partial charge on any atom is 0.148 e. The van der Waals surface area contributed by atoms with E-state index >= 15 is 0 Å². The first-order valence-electron chi connectivity index (χ1n) is 18.1. The van der Waals surface area contributed by atoms with Crippen LogP contribution in [0.2, 0.25) is 0 Å². The zero-order chi connectivity index (χ0) is 34.6. The molecule has 0 saturated carbocycles. The summed E-state index contributed by atoms with van der Waals surface area (Å²) in [5, 5.41) is 13.5. The van der Waals surface area contributed by atoms with Crippen LogP contribution in [0, 0.1) is 0 Å². The summed E-state index contributed by atoms with van der Waals surface area (Å²) in [6, 6.07) is 60.7. The average Bonchev–Trinajstić information content (AvgIpc) is 3.85. The molecule has 3 aromatic heterocycles. The van der Waals surface area contributed by atoms with E-state index in [4.69, 9.17) is 9.41 Å². The Morgan fingerprint density at radius 1 is 0.472 bits per heavy atom. The number of nitrogens with one attached hydrogen (secondary N) is 1. The number of benzene rings is 8. The Morgan fingerprint density at radius 2 is 1.11 bits per heavy atom. The van der Waals surface area contributed by atoms with Crippen molar-refractivity contribution in [2.75, 3.05) is 5.32 Å². The highest BCUT2D eigenvalue weighted by molar-refractivity contribution is 6.19. The van der Waals surface area contributed by atoms with Gasteiger partial charge in [-0.2, -0.15) is 0 Å². The first kappa shape index (κ1) is 28.6. The minimum atomic E-state index is -0.282. The van der Waals surface area contributed by atoms with Crippen molar-refractivity contribution >= 4 is 93.4 Å². The molecule has 8 aromatic carbocycles. The van der Waals surface area contributed by atoms with Crippen LogP contribution in [0.3, 0.4) is 0 Å². The molecule has 0 spiro atoms. The van der Waals surface area contributed by atoms with Gasteiger partial charge in [-0.05, 0) is 89.6 Å². The molecule has 0 bridgehead atoms. The van der Waals surface area contributed by atoms with E-state index in [1.807, 2.05) is 18.2 Å². The van der Waals surface area contributed by atoms with Crippen LogP contribution in [-0.4, -0.2) is 14.8 Å². The van der Waals surface area contributed by atoms with Gasteiger partial charge >= 0.3 is 0 Å². The Hall–Kier alpha value is -7.11. The highest BCUT2D eigenvalue weighted by Crippen LogP contribution is 2.42. The van der Waals surface area contributed by atoms with Gasteiger partial charge in [-0.15, -0.1) is 0 Å². The van der Waals surface area contributed by atoms with Gasteiger partial charge in [-0.25, -0.2) is 4.99 Å². The van der Waals surface area contributed by atoms with Crippen LogP contribution in [0.15, 0.2) is 179 Å². The number of aromatic nitrogens is 2. The lowest BCUT2D eigenvalue weighted by Crippen LogP contribution is -2.30. The molecule has 1 aliphatic heterocycles. The number of fused-ring (bicyclic) bond motifs is 11. The Balaban J connectivity index is 1.12. The molecule has 0 radical (unpaired) electrons. The second-order valence-electron chi connectivity index (χ2n) is 14.0. The van der Waals surface area contributed by atoms with Crippen molar-refractivity contribution < 1.29 is 4.42 Å². The van der Waals surface area contributed by atoms with Crippen molar-refractivity contribution in [3.05, 3.63) is 175 Å². The van der Waals surface area contributed by atoms with Crippen molar-refractivity contribution in [2.45, 2.75) is 6.17 Å². The van der Waals surface area contributed by atoms with Crippen molar-refractivity contribution in [2.24, 2.45) is 4.99 Å². The summed E-state index contributed by atoms with van der Waals surface area (Å²) in [4.78, 5) is 5.39. The summed E-state index contributed by atoms with van der Waals surface area (Å²) >= 11 is 0. The van der Waals surface area contributed by atoms with E-state index in [0.717, 1.165) is 61.3 Å². The topological polar surface area (TPSA) is 47.4 Å². The van der Waals surface area contributed by atoms with Gasteiger partial charge in [0.2, 0.25) is 0 Å². The van der Waals surface area contributed by atoms with Gasteiger partial charge in [-0.3, -0.25) is 0 Å². The quantitative estimate of drug-likeness (QED) is 0.202. The molecule has 5 heteroatoms. The predicted octanol–water partition coefficient (Wildman–Crippen LogP) is 12.7. The number of nitrogens with zero attached hydrogens (tertiary/aromatic N) is 3. The van der Waals surface area contributed by atoms with Crippen molar-refractivity contribution in [3.8, 4) is 5.69 Å². The molecule has 4 heterocycles. The molecule has 0 amide bonds. The molecule has 248 valence electrons. The summed E-state index contributed by atoms with van der Waals surface area (Å²) in [6.45, 7) is 0. The fraction of sp³-hybridized carbons (Fsp3) is 0.0208. The summed E-state index contributed by atoms with van der Waals surface area (Å²) in [6.07, 6.45) is -0.282. The molecular weight excluding hydrogens is 649 g/mol. The molecule has 12 rings (SSSR count). The highest BCUT2D eigenvalue weighted by atomic mass is 16.3. The monoisotopic (exact) mass is 678 g/mol. The summed E-state index contributed by atoms with van der Waals surface area (Å²) in [7, 11) is 0. The van der Waals surface area contributed by atoms with E-state index in [0.29, 0.717) is 0 Å². The second kappa shape index (κ2) is 10.7. The third-order valence-electron chi connectivity index (χ3n) is 11.1. The zero-order valence-corrected chi connectivity index (χ0v) is 28.5. The van der Waals surface area contributed by atoms with Crippen LogP contribution < -0.4 is 5.32 Å². The Morgan fingerprint density at radius 3 is 1.96 bits per heavy atom.